The number of rotatable bonds is 3. The van der Waals surface area contributed by atoms with Gasteiger partial charge < -0.3 is 11.1 Å². The van der Waals surface area contributed by atoms with Crippen LogP contribution in [-0.2, 0) is 0 Å². The Morgan fingerprint density at radius 2 is 1.42 bits per heavy atom. The van der Waals surface area contributed by atoms with Crippen LogP contribution in [0.2, 0.25) is 0 Å². The molecule has 0 saturated carbocycles. The first-order valence-corrected chi connectivity index (χ1v) is 5.16. The van der Waals surface area contributed by atoms with E-state index >= 15 is 0 Å². The summed E-state index contributed by atoms with van der Waals surface area (Å²) in [6.07, 6.45) is 0.973. The van der Waals surface area contributed by atoms with Gasteiger partial charge in [-0.3, -0.25) is 0 Å². The minimum Gasteiger partial charge on any atom is -0.314 e. The average molecular weight is 176 g/mol. The van der Waals surface area contributed by atoms with Gasteiger partial charge in [0.15, 0.2) is 0 Å². The molecule has 0 rings (SSSR count). The lowest BCUT2D eigenvalue weighted by Gasteiger charge is -2.23. The highest BCUT2D eigenvalue weighted by molar-refractivity contribution is 4.71. The summed E-state index contributed by atoms with van der Waals surface area (Å²) in [7, 11) is 0. The first kappa shape index (κ1) is 17.9. The molecule has 0 aromatic carbocycles. The molecule has 0 bridgehead atoms. The van der Waals surface area contributed by atoms with Crippen molar-refractivity contribution in [3.63, 3.8) is 0 Å². The lowest BCUT2D eigenvalue weighted by molar-refractivity contribution is 0.365. The molecule has 12 heavy (non-hydrogen) atoms. The second-order valence-corrected chi connectivity index (χ2v) is 2.30. The van der Waals surface area contributed by atoms with Crippen LogP contribution in [0.1, 0.15) is 54.9 Å². The first-order valence-electron chi connectivity index (χ1n) is 5.16. The van der Waals surface area contributed by atoms with Crippen LogP contribution in [0.3, 0.4) is 0 Å². The standard InChI is InChI=1S/C6H16N2.2C2H6/c1-4-6(3,7)8-5-2;2*1-2/h8H,4-5,7H2,1-3H3;2*1-2H3. The van der Waals surface area contributed by atoms with Crippen LogP contribution in [0.25, 0.3) is 0 Å². The van der Waals surface area contributed by atoms with Crippen LogP contribution in [0.5, 0.6) is 0 Å². The van der Waals surface area contributed by atoms with E-state index in [2.05, 4.69) is 19.2 Å². The average Bonchev–Trinajstić information content (AvgIpc) is 2.12. The molecule has 0 heterocycles. The largest absolute Gasteiger partial charge is 0.314 e. The minimum atomic E-state index is -0.158. The van der Waals surface area contributed by atoms with Crippen molar-refractivity contribution < 1.29 is 0 Å². The maximum atomic E-state index is 5.72. The number of nitrogens with one attached hydrogen (secondary N) is 1. The molecular weight excluding hydrogens is 148 g/mol. The van der Waals surface area contributed by atoms with Crippen LogP contribution < -0.4 is 11.1 Å². The molecule has 0 aliphatic carbocycles. The van der Waals surface area contributed by atoms with Gasteiger partial charge in [0.1, 0.15) is 0 Å². The second kappa shape index (κ2) is 13.5. The molecule has 0 aliphatic heterocycles. The van der Waals surface area contributed by atoms with Gasteiger partial charge in [-0.05, 0) is 19.9 Å². The second-order valence-electron chi connectivity index (χ2n) is 2.30. The Balaban J connectivity index is -0.000000175. The Labute approximate surface area is 78.9 Å². The third-order valence-corrected chi connectivity index (χ3v) is 1.32. The highest BCUT2D eigenvalue weighted by Crippen LogP contribution is 1.96. The molecule has 0 fully saturated rings. The highest BCUT2D eigenvalue weighted by atomic mass is 15.1. The molecule has 3 N–H and O–H groups in total. The van der Waals surface area contributed by atoms with Crippen molar-refractivity contribution >= 4 is 0 Å². The van der Waals surface area contributed by atoms with E-state index in [1.165, 1.54) is 0 Å². The molecule has 0 aromatic heterocycles. The smallest absolute Gasteiger partial charge is 0.0630 e. The van der Waals surface area contributed by atoms with Crippen LogP contribution in [-0.4, -0.2) is 12.2 Å². The molecule has 2 nitrogen and oxygen atoms in total. The fourth-order valence-corrected chi connectivity index (χ4v) is 0.529. The van der Waals surface area contributed by atoms with Gasteiger partial charge in [0.2, 0.25) is 0 Å². The van der Waals surface area contributed by atoms with Gasteiger partial charge in [-0.2, -0.15) is 0 Å². The lowest BCUT2D eigenvalue weighted by Crippen LogP contribution is -2.49. The molecule has 78 valence electrons. The summed E-state index contributed by atoms with van der Waals surface area (Å²) in [6, 6.07) is 0. The van der Waals surface area contributed by atoms with Crippen LogP contribution in [0.4, 0.5) is 0 Å². The van der Waals surface area contributed by atoms with Gasteiger partial charge >= 0.3 is 0 Å². The number of hydrogen-bond donors (Lipinski definition) is 2. The molecular formula is C10H28N2. The zero-order valence-electron chi connectivity index (χ0n) is 9.99. The highest BCUT2D eigenvalue weighted by Gasteiger charge is 2.11. The molecule has 0 radical (unpaired) electrons. The molecule has 1 atom stereocenters. The van der Waals surface area contributed by atoms with E-state index in [1.807, 2.05) is 34.6 Å². The van der Waals surface area contributed by atoms with Gasteiger partial charge in [-0.25, -0.2) is 0 Å². The predicted molar refractivity (Wildman–Crippen MR) is 59.3 cm³/mol. The molecule has 0 spiro atoms. The minimum absolute atomic E-state index is 0.158. The predicted octanol–water partition coefficient (Wildman–Crippen LogP) is 2.73. The van der Waals surface area contributed by atoms with E-state index < -0.39 is 0 Å². The Hall–Kier alpha value is -0.0800. The summed E-state index contributed by atoms with van der Waals surface area (Å²) >= 11 is 0. The van der Waals surface area contributed by atoms with Crippen LogP contribution in [0.15, 0.2) is 0 Å². The third kappa shape index (κ3) is 16.5. The van der Waals surface area contributed by atoms with E-state index in [1.54, 1.807) is 0 Å². The summed E-state index contributed by atoms with van der Waals surface area (Å²) in [5.74, 6) is 0. The van der Waals surface area contributed by atoms with Crippen molar-refractivity contribution in [3.8, 4) is 0 Å². The summed E-state index contributed by atoms with van der Waals surface area (Å²) in [6.45, 7) is 15.1. The van der Waals surface area contributed by atoms with E-state index in [-0.39, 0.29) is 5.66 Å². The van der Waals surface area contributed by atoms with Crippen LogP contribution in [0, 0.1) is 0 Å². The Bertz CT molecular complexity index is 60.9. The fourth-order valence-electron chi connectivity index (χ4n) is 0.529. The van der Waals surface area contributed by atoms with Crippen molar-refractivity contribution in [3.05, 3.63) is 0 Å². The fraction of sp³-hybridized carbons (Fsp3) is 1.00. The van der Waals surface area contributed by atoms with Gasteiger partial charge in [0.05, 0.1) is 5.66 Å². The maximum absolute atomic E-state index is 5.72. The maximum Gasteiger partial charge on any atom is 0.0630 e. The zero-order valence-corrected chi connectivity index (χ0v) is 9.99. The summed E-state index contributed by atoms with van der Waals surface area (Å²) in [5.41, 5.74) is 5.56. The molecule has 0 aromatic rings. The first-order chi connectivity index (χ1) is 5.62. The Morgan fingerprint density at radius 3 is 1.50 bits per heavy atom. The van der Waals surface area contributed by atoms with Crippen molar-refractivity contribution in [2.24, 2.45) is 5.73 Å². The van der Waals surface area contributed by atoms with E-state index in [0.717, 1.165) is 13.0 Å². The molecule has 0 amide bonds. The van der Waals surface area contributed by atoms with Gasteiger partial charge in [-0.1, -0.05) is 41.5 Å². The van der Waals surface area contributed by atoms with Crippen molar-refractivity contribution in [1.82, 2.24) is 5.32 Å². The quantitative estimate of drug-likeness (QED) is 0.649. The monoisotopic (exact) mass is 176 g/mol. The normalized spacial score (nSPS) is 13.0. The van der Waals surface area contributed by atoms with Crippen LogP contribution >= 0.6 is 0 Å². The number of nitrogens with two attached hydrogens (primary N) is 1. The van der Waals surface area contributed by atoms with Crippen molar-refractivity contribution in [1.29, 1.82) is 0 Å². The summed E-state index contributed by atoms with van der Waals surface area (Å²) < 4.78 is 0. The summed E-state index contributed by atoms with van der Waals surface area (Å²) in [5, 5.41) is 3.15. The van der Waals surface area contributed by atoms with Gasteiger partial charge in [0, 0.05) is 0 Å². The van der Waals surface area contributed by atoms with Crippen molar-refractivity contribution in [2.75, 3.05) is 6.54 Å². The zero-order chi connectivity index (χ0) is 10.6. The Morgan fingerprint density at radius 1 is 1.08 bits per heavy atom. The van der Waals surface area contributed by atoms with E-state index in [4.69, 9.17) is 5.73 Å². The number of hydrogen-bond acceptors (Lipinski definition) is 2. The molecule has 1 unspecified atom stereocenters. The van der Waals surface area contributed by atoms with E-state index in [9.17, 15) is 0 Å². The Kier molecular flexibility index (Phi) is 20.1. The molecule has 0 saturated heterocycles. The van der Waals surface area contributed by atoms with Crippen molar-refractivity contribution in [2.45, 2.75) is 60.5 Å². The van der Waals surface area contributed by atoms with Gasteiger partial charge in [-0.15, -0.1) is 0 Å². The SMILES string of the molecule is CC.CC.CCNC(C)(N)CC. The lowest BCUT2D eigenvalue weighted by atomic mass is 10.1. The third-order valence-electron chi connectivity index (χ3n) is 1.32. The topological polar surface area (TPSA) is 38.0 Å². The molecule has 2 heteroatoms. The summed E-state index contributed by atoms with van der Waals surface area (Å²) in [4.78, 5) is 0. The molecule has 0 aliphatic rings. The van der Waals surface area contributed by atoms with E-state index in [0.29, 0.717) is 0 Å². The van der Waals surface area contributed by atoms with Gasteiger partial charge in [0.25, 0.3) is 0 Å².